The van der Waals surface area contributed by atoms with Crippen molar-refractivity contribution in [3.63, 3.8) is 0 Å². The second-order valence-electron chi connectivity index (χ2n) is 5.11. The molecule has 0 saturated heterocycles. The largest absolute Gasteiger partial charge is 0.507 e. The summed E-state index contributed by atoms with van der Waals surface area (Å²) in [6, 6.07) is 21.3. The molecule has 0 bridgehead atoms. The maximum Gasteiger partial charge on any atom is 0.230 e. The molecule has 0 aliphatic heterocycles. The van der Waals surface area contributed by atoms with E-state index in [1.165, 1.54) is 5.39 Å². The lowest BCUT2D eigenvalue weighted by atomic mass is 10.1. The van der Waals surface area contributed by atoms with Crippen LogP contribution in [0.1, 0.15) is 0 Å². The Kier molecular flexibility index (Phi) is 2.90. The minimum atomic E-state index is 0.161. The Morgan fingerprint density at radius 1 is 0.818 bits per heavy atom. The van der Waals surface area contributed by atoms with E-state index in [0.29, 0.717) is 17.2 Å². The highest BCUT2D eigenvalue weighted by atomic mass is 16.4. The minimum Gasteiger partial charge on any atom is -0.507 e. The SMILES string of the molecule is Oc1ccccc1-c1ncc(-c2ccc3ccccc3c2)o1. The van der Waals surface area contributed by atoms with Crippen molar-refractivity contribution in [3.05, 3.63) is 72.9 Å². The number of oxazole rings is 1. The normalized spacial score (nSPS) is 10.9. The molecule has 22 heavy (non-hydrogen) atoms. The number of rotatable bonds is 2. The first-order valence-electron chi connectivity index (χ1n) is 7.05. The maximum atomic E-state index is 9.89. The molecule has 0 radical (unpaired) electrons. The number of phenols is 1. The van der Waals surface area contributed by atoms with Crippen molar-refractivity contribution in [2.75, 3.05) is 0 Å². The van der Waals surface area contributed by atoms with E-state index < -0.39 is 0 Å². The first-order valence-corrected chi connectivity index (χ1v) is 7.05. The number of hydrogen-bond donors (Lipinski definition) is 1. The van der Waals surface area contributed by atoms with Crippen molar-refractivity contribution in [3.8, 4) is 28.5 Å². The Hall–Kier alpha value is -3.07. The number of nitrogens with zero attached hydrogens (tertiary/aromatic N) is 1. The highest BCUT2D eigenvalue weighted by Gasteiger charge is 2.11. The number of aromatic hydroxyl groups is 1. The highest BCUT2D eigenvalue weighted by Crippen LogP contribution is 2.32. The van der Waals surface area contributed by atoms with Crippen molar-refractivity contribution in [1.82, 2.24) is 4.98 Å². The topological polar surface area (TPSA) is 46.3 Å². The Balaban J connectivity index is 1.78. The number of fused-ring (bicyclic) bond motifs is 1. The Labute approximate surface area is 127 Å². The summed E-state index contributed by atoms with van der Waals surface area (Å²) in [6.45, 7) is 0. The first-order chi connectivity index (χ1) is 10.8. The van der Waals surface area contributed by atoms with Crippen LogP contribution in [0.3, 0.4) is 0 Å². The van der Waals surface area contributed by atoms with Crippen LogP contribution in [0, 0.1) is 0 Å². The second-order valence-corrected chi connectivity index (χ2v) is 5.11. The molecule has 4 aromatic rings. The van der Waals surface area contributed by atoms with Crippen LogP contribution in [-0.2, 0) is 0 Å². The van der Waals surface area contributed by atoms with Crippen LogP contribution in [0.4, 0.5) is 0 Å². The molecule has 1 heterocycles. The predicted molar refractivity (Wildman–Crippen MR) is 86.5 cm³/mol. The molecule has 1 N–H and O–H groups in total. The number of aromatic nitrogens is 1. The van der Waals surface area contributed by atoms with E-state index in [0.717, 1.165) is 10.9 Å². The molecule has 0 unspecified atom stereocenters. The summed E-state index contributed by atoms with van der Waals surface area (Å²) >= 11 is 0. The smallest absolute Gasteiger partial charge is 0.230 e. The minimum absolute atomic E-state index is 0.161. The van der Waals surface area contributed by atoms with E-state index in [9.17, 15) is 5.11 Å². The number of benzene rings is 3. The third-order valence-corrected chi connectivity index (χ3v) is 3.67. The van der Waals surface area contributed by atoms with E-state index >= 15 is 0 Å². The molecule has 3 heteroatoms. The summed E-state index contributed by atoms with van der Waals surface area (Å²) in [4.78, 5) is 4.28. The fourth-order valence-corrected chi connectivity index (χ4v) is 2.53. The Morgan fingerprint density at radius 3 is 2.45 bits per heavy atom. The van der Waals surface area contributed by atoms with Gasteiger partial charge in [0.05, 0.1) is 11.8 Å². The molecular weight excluding hydrogens is 274 g/mol. The van der Waals surface area contributed by atoms with E-state index in [2.05, 4.69) is 29.2 Å². The van der Waals surface area contributed by atoms with Crippen LogP contribution < -0.4 is 0 Å². The standard InChI is InChI=1S/C19H13NO2/c21-17-8-4-3-7-16(17)19-20-12-18(22-19)15-10-9-13-5-1-2-6-14(13)11-15/h1-12,21H. The average molecular weight is 287 g/mol. The number of hydrogen-bond acceptors (Lipinski definition) is 3. The molecule has 3 aromatic carbocycles. The molecule has 3 nitrogen and oxygen atoms in total. The molecule has 0 saturated carbocycles. The van der Waals surface area contributed by atoms with Gasteiger partial charge in [0.2, 0.25) is 5.89 Å². The van der Waals surface area contributed by atoms with Gasteiger partial charge in [-0.15, -0.1) is 0 Å². The molecule has 0 aliphatic carbocycles. The van der Waals surface area contributed by atoms with Gasteiger partial charge in [0.25, 0.3) is 0 Å². The van der Waals surface area contributed by atoms with Crippen LogP contribution in [0.25, 0.3) is 33.6 Å². The zero-order chi connectivity index (χ0) is 14.9. The van der Waals surface area contributed by atoms with Gasteiger partial charge in [0, 0.05) is 5.56 Å². The molecule has 0 aliphatic rings. The van der Waals surface area contributed by atoms with Crippen molar-refractivity contribution in [2.45, 2.75) is 0 Å². The molecule has 0 spiro atoms. The molecule has 1 aromatic heterocycles. The van der Waals surface area contributed by atoms with Crippen molar-refractivity contribution >= 4 is 10.8 Å². The van der Waals surface area contributed by atoms with Gasteiger partial charge in [0.15, 0.2) is 5.76 Å². The van der Waals surface area contributed by atoms with Gasteiger partial charge in [0.1, 0.15) is 5.75 Å². The van der Waals surface area contributed by atoms with E-state index in [-0.39, 0.29) is 5.75 Å². The number of phenolic OH excluding ortho intramolecular Hbond substituents is 1. The zero-order valence-electron chi connectivity index (χ0n) is 11.7. The third-order valence-electron chi connectivity index (χ3n) is 3.67. The van der Waals surface area contributed by atoms with Crippen molar-refractivity contribution in [1.29, 1.82) is 0 Å². The van der Waals surface area contributed by atoms with Gasteiger partial charge in [-0.3, -0.25) is 0 Å². The molecule has 0 fully saturated rings. The maximum absolute atomic E-state index is 9.89. The summed E-state index contributed by atoms with van der Waals surface area (Å²) < 4.78 is 5.81. The Morgan fingerprint density at radius 2 is 1.59 bits per heavy atom. The average Bonchev–Trinajstić information content (AvgIpc) is 3.04. The van der Waals surface area contributed by atoms with Crippen molar-refractivity contribution < 1.29 is 9.52 Å². The van der Waals surface area contributed by atoms with Crippen LogP contribution in [0.5, 0.6) is 5.75 Å². The fourth-order valence-electron chi connectivity index (χ4n) is 2.53. The van der Waals surface area contributed by atoms with Crippen LogP contribution in [0.2, 0.25) is 0 Å². The van der Waals surface area contributed by atoms with Crippen molar-refractivity contribution in [2.24, 2.45) is 0 Å². The zero-order valence-corrected chi connectivity index (χ0v) is 11.7. The fraction of sp³-hybridized carbons (Fsp3) is 0. The van der Waals surface area contributed by atoms with Gasteiger partial charge >= 0.3 is 0 Å². The Bertz CT molecular complexity index is 956. The molecule has 0 atom stereocenters. The second kappa shape index (κ2) is 5.04. The quantitative estimate of drug-likeness (QED) is 0.572. The molecule has 4 rings (SSSR count). The van der Waals surface area contributed by atoms with Gasteiger partial charge < -0.3 is 9.52 Å². The van der Waals surface area contributed by atoms with E-state index in [4.69, 9.17) is 4.42 Å². The lowest BCUT2D eigenvalue weighted by Crippen LogP contribution is -1.77. The summed E-state index contributed by atoms with van der Waals surface area (Å²) in [5.41, 5.74) is 1.56. The summed E-state index contributed by atoms with van der Waals surface area (Å²) in [7, 11) is 0. The van der Waals surface area contributed by atoms with Gasteiger partial charge in [-0.05, 0) is 29.0 Å². The van der Waals surface area contributed by atoms with Crippen LogP contribution in [-0.4, -0.2) is 10.1 Å². The lowest BCUT2D eigenvalue weighted by molar-refractivity contribution is 0.473. The van der Waals surface area contributed by atoms with E-state index in [1.54, 1.807) is 24.4 Å². The summed E-state index contributed by atoms with van der Waals surface area (Å²) in [5.74, 6) is 1.26. The van der Waals surface area contributed by atoms with Gasteiger partial charge in [-0.2, -0.15) is 0 Å². The monoisotopic (exact) mass is 287 g/mol. The van der Waals surface area contributed by atoms with Gasteiger partial charge in [-0.25, -0.2) is 4.98 Å². The predicted octanol–water partition coefficient (Wildman–Crippen LogP) is 4.87. The first kappa shape index (κ1) is 12.7. The number of para-hydroxylation sites is 1. The molecular formula is C19H13NO2. The molecule has 0 amide bonds. The summed E-state index contributed by atoms with van der Waals surface area (Å²) in [6.07, 6.45) is 1.69. The van der Waals surface area contributed by atoms with Gasteiger partial charge in [-0.1, -0.05) is 48.5 Å². The summed E-state index contributed by atoms with van der Waals surface area (Å²) in [5, 5.41) is 12.2. The van der Waals surface area contributed by atoms with Crippen LogP contribution >= 0.6 is 0 Å². The molecule has 106 valence electrons. The lowest BCUT2D eigenvalue weighted by Gasteiger charge is -2.01. The highest BCUT2D eigenvalue weighted by molar-refractivity contribution is 5.86. The van der Waals surface area contributed by atoms with E-state index in [1.807, 2.05) is 24.3 Å². The third kappa shape index (κ3) is 2.13. The van der Waals surface area contributed by atoms with Crippen LogP contribution in [0.15, 0.2) is 77.3 Å².